The van der Waals surface area contributed by atoms with Crippen LogP contribution in [0.15, 0.2) is 0 Å². The van der Waals surface area contributed by atoms with Gasteiger partial charge in [-0.1, -0.05) is 20.8 Å². The highest BCUT2D eigenvalue weighted by Gasteiger charge is 2.46. The van der Waals surface area contributed by atoms with E-state index in [1.54, 1.807) is 20.8 Å². The Labute approximate surface area is 141 Å². The van der Waals surface area contributed by atoms with Gasteiger partial charge in [0.25, 0.3) is 0 Å². The van der Waals surface area contributed by atoms with Gasteiger partial charge in [-0.25, -0.2) is 0 Å². The van der Waals surface area contributed by atoms with E-state index in [4.69, 9.17) is 14.6 Å². The van der Waals surface area contributed by atoms with Gasteiger partial charge >= 0.3 is 0 Å². The van der Waals surface area contributed by atoms with E-state index >= 15 is 0 Å². The van der Waals surface area contributed by atoms with Gasteiger partial charge in [0.2, 0.25) is 0 Å². The Bertz CT molecular complexity index is 365. The predicted molar refractivity (Wildman–Crippen MR) is 81.8 cm³/mol. The molecule has 1 rings (SSSR count). The standard InChI is InChI=1S/C15H30O9/c1-4-8-10(19)11(20)13(22)15(23-8)24-14(7(17)5-16)12(21)9(18)6(2)3/h6-22H,4-5H2,1-3H3/t7-,8-,9+,10+,11+,12-,13-,14-,15?/m1/s1. The van der Waals surface area contributed by atoms with Crippen LogP contribution in [0.1, 0.15) is 27.2 Å². The second kappa shape index (κ2) is 9.37. The molecule has 1 unspecified atom stereocenters. The van der Waals surface area contributed by atoms with Crippen LogP contribution in [-0.4, -0.2) is 97.5 Å². The van der Waals surface area contributed by atoms with Crippen LogP contribution in [0.5, 0.6) is 0 Å². The molecule has 0 aromatic heterocycles. The van der Waals surface area contributed by atoms with Crippen molar-refractivity contribution in [3.05, 3.63) is 0 Å². The fourth-order valence-electron chi connectivity index (χ4n) is 2.61. The van der Waals surface area contributed by atoms with Crippen LogP contribution in [0.25, 0.3) is 0 Å². The minimum Gasteiger partial charge on any atom is -0.394 e. The molecule has 1 fully saturated rings. The van der Waals surface area contributed by atoms with E-state index < -0.39 is 61.7 Å². The molecule has 0 radical (unpaired) electrons. The first-order chi connectivity index (χ1) is 11.1. The van der Waals surface area contributed by atoms with Gasteiger partial charge in [-0.3, -0.25) is 0 Å². The van der Waals surface area contributed by atoms with Crippen molar-refractivity contribution in [2.75, 3.05) is 6.61 Å². The van der Waals surface area contributed by atoms with Gasteiger partial charge in [-0.2, -0.15) is 0 Å². The van der Waals surface area contributed by atoms with Crippen molar-refractivity contribution in [2.45, 2.75) is 82.3 Å². The van der Waals surface area contributed by atoms with Crippen LogP contribution in [0.3, 0.4) is 0 Å². The molecule has 0 aromatic carbocycles. The summed E-state index contributed by atoms with van der Waals surface area (Å²) < 4.78 is 10.8. The molecule has 0 aliphatic carbocycles. The minimum atomic E-state index is -1.63. The maximum atomic E-state index is 10.2. The van der Waals surface area contributed by atoms with Crippen molar-refractivity contribution in [1.29, 1.82) is 0 Å². The zero-order valence-corrected chi connectivity index (χ0v) is 14.1. The van der Waals surface area contributed by atoms with Gasteiger partial charge in [0.1, 0.15) is 36.6 Å². The summed E-state index contributed by atoms with van der Waals surface area (Å²) in [5, 5.41) is 68.9. The molecule has 24 heavy (non-hydrogen) atoms. The number of aliphatic hydroxyl groups excluding tert-OH is 7. The molecule has 0 amide bonds. The third-order valence-corrected chi connectivity index (χ3v) is 4.30. The highest BCUT2D eigenvalue weighted by molar-refractivity contribution is 4.91. The highest BCUT2D eigenvalue weighted by atomic mass is 16.7. The van der Waals surface area contributed by atoms with Crippen molar-refractivity contribution >= 4 is 0 Å². The highest BCUT2D eigenvalue weighted by Crippen LogP contribution is 2.26. The molecule has 9 nitrogen and oxygen atoms in total. The lowest BCUT2D eigenvalue weighted by Gasteiger charge is -2.42. The number of rotatable bonds is 8. The molecule has 1 aliphatic heterocycles. The van der Waals surface area contributed by atoms with E-state index in [-0.39, 0.29) is 5.92 Å². The Balaban J connectivity index is 2.92. The van der Waals surface area contributed by atoms with Crippen LogP contribution >= 0.6 is 0 Å². The normalized spacial score (nSPS) is 36.4. The van der Waals surface area contributed by atoms with Gasteiger partial charge in [0.15, 0.2) is 6.29 Å². The van der Waals surface area contributed by atoms with Crippen LogP contribution in [0.4, 0.5) is 0 Å². The maximum Gasteiger partial charge on any atom is 0.187 e. The Hall–Kier alpha value is -0.360. The number of ether oxygens (including phenoxy) is 2. The van der Waals surface area contributed by atoms with Gasteiger partial charge in [-0.05, 0) is 12.3 Å². The molecule has 1 aliphatic rings. The van der Waals surface area contributed by atoms with Gasteiger partial charge < -0.3 is 45.2 Å². The van der Waals surface area contributed by atoms with Crippen LogP contribution in [-0.2, 0) is 9.47 Å². The van der Waals surface area contributed by atoms with E-state index in [9.17, 15) is 30.6 Å². The third kappa shape index (κ3) is 4.84. The minimum absolute atomic E-state index is 0.329. The first-order valence-corrected chi connectivity index (χ1v) is 8.15. The maximum absolute atomic E-state index is 10.2. The topological polar surface area (TPSA) is 160 Å². The summed E-state index contributed by atoms with van der Waals surface area (Å²) in [6.07, 6.45) is -12.2. The molecule has 9 heteroatoms. The molecule has 0 bridgehead atoms. The smallest absolute Gasteiger partial charge is 0.187 e. The first-order valence-electron chi connectivity index (χ1n) is 8.15. The van der Waals surface area contributed by atoms with Crippen molar-refractivity contribution in [1.82, 2.24) is 0 Å². The van der Waals surface area contributed by atoms with E-state index in [0.717, 1.165) is 0 Å². The summed E-state index contributed by atoms with van der Waals surface area (Å²) in [7, 11) is 0. The average molecular weight is 354 g/mol. The van der Waals surface area contributed by atoms with Crippen molar-refractivity contribution in [3.63, 3.8) is 0 Å². The molecular formula is C15H30O9. The second-order valence-electron chi connectivity index (χ2n) is 6.50. The summed E-state index contributed by atoms with van der Waals surface area (Å²) in [4.78, 5) is 0. The number of hydrogen-bond donors (Lipinski definition) is 7. The SMILES string of the molecule is CC[C@H]1OC(O[C@@H]([C@H](O)[C@@H](O)C(C)C)[C@H](O)CO)[C@H](O)[C@@H](O)[C@H]1O. The number of aliphatic hydroxyl groups is 7. The van der Waals surface area contributed by atoms with Crippen molar-refractivity contribution in [3.8, 4) is 0 Å². The molecule has 0 spiro atoms. The van der Waals surface area contributed by atoms with Gasteiger partial charge in [0, 0.05) is 0 Å². The molecule has 144 valence electrons. The molecule has 7 N–H and O–H groups in total. The Morgan fingerprint density at radius 1 is 0.958 bits per heavy atom. The van der Waals surface area contributed by atoms with E-state index in [1.807, 2.05) is 0 Å². The van der Waals surface area contributed by atoms with E-state index in [0.29, 0.717) is 6.42 Å². The third-order valence-electron chi connectivity index (χ3n) is 4.30. The Morgan fingerprint density at radius 3 is 2.00 bits per heavy atom. The van der Waals surface area contributed by atoms with Gasteiger partial charge in [-0.15, -0.1) is 0 Å². The van der Waals surface area contributed by atoms with Crippen molar-refractivity contribution in [2.24, 2.45) is 5.92 Å². The lowest BCUT2D eigenvalue weighted by Crippen LogP contribution is -2.60. The first kappa shape index (κ1) is 21.7. The molecular weight excluding hydrogens is 324 g/mol. The molecule has 0 aromatic rings. The lowest BCUT2D eigenvalue weighted by atomic mass is 9.94. The summed E-state index contributed by atoms with van der Waals surface area (Å²) in [5.74, 6) is -0.356. The van der Waals surface area contributed by atoms with Crippen LogP contribution < -0.4 is 0 Å². The quantitative estimate of drug-likeness (QED) is 0.246. The van der Waals surface area contributed by atoms with Crippen molar-refractivity contribution < 1.29 is 45.2 Å². The lowest BCUT2D eigenvalue weighted by molar-refractivity contribution is -0.324. The summed E-state index contributed by atoms with van der Waals surface area (Å²) in [6.45, 7) is 4.25. The van der Waals surface area contributed by atoms with E-state index in [2.05, 4.69) is 0 Å². The predicted octanol–water partition coefficient (Wildman–Crippen LogP) is -2.68. The largest absolute Gasteiger partial charge is 0.394 e. The van der Waals surface area contributed by atoms with Crippen LogP contribution in [0, 0.1) is 5.92 Å². The Morgan fingerprint density at radius 2 is 1.54 bits per heavy atom. The average Bonchev–Trinajstić information content (AvgIpc) is 2.57. The summed E-state index contributed by atoms with van der Waals surface area (Å²) in [6, 6.07) is 0. The number of hydrogen-bond acceptors (Lipinski definition) is 9. The summed E-state index contributed by atoms with van der Waals surface area (Å²) in [5.41, 5.74) is 0. The second-order valence-corrected chi connectivity index (χ2v) is 6.50. The molecule has 1 saturated heterocycles. The van der Waals surface area contributed by atoms with Gasteiger partial charge in [0.05, 0.1) is 18.8 Å². The fraction of sp³-hybridized carbons (Fsp3) is 1.00. The Kier molecular flexibility index (Phi) is 8.46. The zero-order valence-electron chi connectivity index (χ0n) is 14.1. The molecule has 1 heterocycles. The fourth-order valence-corrected chi connectivity index (χ4v) is 2.61. The zero-order chi connectivity index (χ0) is 18.6. The van der Waals surface area contributed by atoms with Crippen LogP contribution in [0.2, 0.25) is 0 Å². The van der Waals surface area contributed by atoms with E-state index in [1.165, 1.54) is 0 Å². The molecule has 0 saturated carbocycles. The summed E-state index contributed by atoms with van der Waals surface area (Å²) >= 11 is 0. The monoisotopic (exact) mass is 354 g/mol. The molecule has 9 atom stereocenters.